The smallest absolute Gasteiger partial charge is 0.0696 e. The number of hydrogen-bond acceptors (Lipinski definition) is 0. The molecule has 20 heavy (non-hydrogen) atoms. The minimum Gasteiger partial charge on any atom is -0.322 e. The van der Waals surface area contributed by atoms with Crippen LogP contribution in [-0.4, -0.2) is 9.13 Å². The van der Waals surface area contributed by atoms with Crippen LogP contribution < -0.4 is 0 Å². The molecule has 0 saturated heterocycles. The van der Waals surface area contributed by atoms with Crippen molar-refractivity contribution in [3.05, 3.63) is 71.8 Å². The topological polar surface area (TPSA) is 9.86 Å². The molecule has 3 rings (SSSR count). The second-order valence-corrected chi connectivity index (χ2v) is 5.16. The van der Waals surface area contributed by atoms with E-state index in [1.807, 2.05) is 0 Å². The van der Waals surface area contributed by atoms with Gasteiger partial charge >= 0.3 is 0 Å². The summed E-state index contributed by atoms with van der Waals surface area (Å²) >= 11 is 0. The molecule has 2 heterocycles. The van der Waals surface area contributed by atoms with Crippen molar-refractivity contribution in [3.8, 4) is 11.4 Å². The van der Waals surface area contributed by atoms with Gasteiger partial charge < -0.3 is 9.13 Å². The van der Waals surface area contributed by atoms with Crippen LogP contribution in [-0.2, 0) is 6.42 Å². The zero-order chi connectivity index (χ0) is 14.1. The number of aromatic nitrogens is 2. The van der Waals surface area contributed by atoms with Gasteiger partial charge in [-0.2, -0.15) is 0 Å². The molecule has 0 amide bonds. The third-order valence-corrected chi connectivity index (χ3v) is 3.92. The van der Waals surface area contributed by atoms with Gasteiger partial charge in [-0.3, -0.25) is 0 Å². The van der Waals surface area contributed by atoms with E-state index in [0.717, 1.165) is 6.42 Å². The zero-order valence-corrected chi connectivity index (χ0v) is 12.3. The molecule has 0 radical (unpaired) electrons. The van der Waals surface area contributed by atoms with Gasteiger partial charge in [-0.25, -0.2) is 0 Å². The molecule has 0 aliphatic rings. The van der Waals surface area contributed by atoms with E-state index in [-0.39, 0.29) is 0 Å². The Labute approximate surface area is 120 Å². The number of rotatable bonds is 3. The summed E-state index contributed by atoms with van der Waals surface area (Å²) in [5, 5.41) is 0. The van der Waals surface area contributed by atoms with Crippen molar-refractivity contribution in [2.45, 2.75) is 27.2 Å². The van der Waals surface area contributed by atoms with E-state index in [2.05, 4.69) is 84.8 Å². The van der Waals surface area contributed by atoms with Gasteiger partial charge in [-0.1, -0.05) is 19.1 Å². The van der Waals surface area contributed by atoms with E-state index < -0.39 is 0 Å². The predicted molar refractivity (Wildman–Crippen MR) is 83.9 cm³/mol. The van der Waals surface area contributed by atoms with Crippen LogP contribution in [0.2, 0.25) is 0 Å². The van der Waals surface area contributed by atoms with E-state index in [9.17, 15) is 0 Å². The molecular formula is C18H20N2. The number of hydrogen-bond donors (Lipinski definition) is 0. The first-order valence-electron chi connectivity index (χ1n) is 7.13. The van der Waals surface area contributed by atoms with Gasteiger partial charge in [-0.15, -0.1) is 0 Å². The number of para-hydroxylation sites is 2. The predicted octanol–water partition coefficient (Wildman–Crippen LogP) is 4.45. The zero-order valence-electron chi connectivity index (χ0n) is 12.3. The Bertz CT molecular complexity index is 718. The van der Waals surface area contributed by atoms with Gasteiger partial charge in [0.25, 0.3) is 0 Å². The normalized spacial score (nSPS) is 10.9. The van der Waals surface area contributed by atoms with E-state index in [1.54, 1.807) is 0 Å². The molecule has 0 bridgehead atoms. The molecule has 3 aromatic rings. The molecule has 102 valence electrons. The standard InChI is InChI=1S/C18H20N2/c1-4-16-13-14(2)20(15(16)3)18-10-6-5-9-17(18)19-11-7-8-12-19/h5-13H,4H2,1-3H3. The molecule has 0 N–H and O–H groups in total. The Balaban J connectivity index is 2.24. The maximum absolute atomic E-state index is 2.36. The van der Waals surface area contributed by atoms with Crippen molar-refractivity contribution >= 4 is 0 Å². The molecular weight excluding hydrogens is 244 g/mol. The highest BCUT2D eigenvalue weighted by atomic mass is 15.1. The van der Waals surface area contributed by atoms with Crippen LogP contribution in [0.5, 0.6) is 0 Å². The minimum atomic E-state index is 1.07. The molecule has 0 spiro atoms. The van der Waals surface area contributed by atoms with Crippen molar-refractivity contribution in [1.82, 2.24) is 9.13 Å². The van der Waals surface area contributed by atoms with E-state index in [1.165, 1.54) is 28.3 Å². The lowest BCUT2D eigenvalue weighted by atomic mass is 10.2. The summed E-state index contributed by atoms with van der Waals surface area (Å²) in [6, 6.07) is 15.0. The van der Waals surface area contributed by atoms with Crippen molar-refractivity contribution in [1.29, 1.82) is 0 Å². The first-order valence-corrected chi connectivity index (χ1v) is 7.13. The maximum Gasteiger partial charge on any atom is 0.0696 e. The molecule has 0 fully saturated rings. The van der Waals surface area contributed by atoms with Crippen molar-refractivity contribution in [3.63, 3.8) is 0 Å². The highest BCUT2D eigenvalue weighted by Crippen LogP contribution is 2.26. The van der Waals surface area contributed by atoms with Crippen LogP contribution in [0.15, 0.2) is 54.9 Å². The molecule has 0 atom stereocenters. The van der Waals surface area contributed by atoms with Crippen molar-refractivity contribution in [2.75, 3.05) is 0 Å². The molecule has 2 aromatic heterocycles. The Morgan fingerprint density at radius 1 is 0.900 bits per heavy atom. The first-order chi connectivity index (χ1) is 9.72. The molecule has 0 aliphatic carbocycles. The van der Waals surface area contributed by atoms with Crippen molar-refractivity contribution in [2.24, 2.45) is 0 Å². The van der Waals surface area contributed by atoms with Crippen LogP contribution in [0.4, 0.5) is 0 Å². The molecule has 0 aliphatic heterocycles. The average molecular weight is 264 g/mol. The lowest BCUT2D eigenvalue weighted by Crippen LogP contribution is -2.04. The number of benzene rings is 1. The second kappa shape index (κ2) is 5.04. The Morgan fingerprint density at radius 3 is 2.15 bits per heavy atom. The quantitative estimate of drug-likeness (QED) is 0.661. The van der Waals surface area contributed by atoms with Gasteiger partial charge in [-0.05, 0) is 56.2 Å². The summed E-state index contributed by atoms with van der Waals surface area (Å²) in [7, 11) is 0. The fourth-order valence-corrected chi connectivity index (χ4v) is 2.92. The number of nitrogens with zero attached hydrogens (tertiary/aromatic N) is 2. The minimum absolute atomic E-state index is 1.07. The van der Waals surface area contributed by atoms with Crippen LogP contribution >= 0.6 is 0 Å². The summed E-state index contributed by atoms with van der Waals surface area (Å²) in [5.41, 5.74) is 6.49. The summed E-state index contributed by atoms with van der Waals surface area (Å²) in [5.74, 6) is 0. The van der Waals surface area contributed by atoms with E-state index >= 15 is 0 Å². The van der Waals surface area contributed by atoms with Crippen LogP contribution in [0.3, 0.4) is 0 Å². The lowest BCUT2D eigenvalue weighted by Gasteiger charge is -2.15. The first kappa shape index (κ1) is 12.8. The van der Waals surface area contributed by atoms with Crippen LogP contribution in [0.1, 0.15) is 23.9 Å². The lowest BCUT2D eigenvalue weighted by molar-refractivity contribution is 0.925. The maximum atomic E-state index is 2.36. The highest BCUT2D eigenvalue weighted by Gasteiger charge is 2.12. The fourth-order valence-electron chi connectivity index (χ4n) is 2.92. The summed E-state index contributed by atoms with van der Waals surface area (Å²) in [6.07, 6.45) is 5.26. The highest BCUT2D eigenvalue weighted by molar-refractivity contribution is 5.55. The molecule has 1 aromatic carbocycles. The third kappa shape index (κ3) is 1.97. The van der Waals surface area contributed by atoms with Gasteiger partial charge in [0.15, 0.2) is 0 Å². The Morgan fingerprint density at radius 2 is 1.55 bits per heavy atom. The summed E-state index contributed by atoms with van der Waals surface area (Å²) in [4.78, 5) is 0. The molecule has 0 saturated carbocycles. The van der Waals surface area contributed by atoms with E-state index in [4.69, 9.17) is 0 Å². The third-order valence-electron chi connectivity index (χ3n) is 3.92. The molecule has 2 heteroatoms. The monoisotopic (exact) mass is 264 g/mol. The van der Waals surface area contributed by atoms with Crippen LogP contribution in [0, 0.1) is 13.8 Å². The van der Waals surface area contributed by atoms with Crippen molar-refractivity contribution < 1.29 is 0 Å². The second-order valence-electron chi connectivity index (χ2n) is 5.16. The Kier molecular flexibility index (Phi) is 3.23. The average Bonchev–Trinajstić information content (AvgIpc) is 3.07. The van der Waals surface area contributed by atoms with E-state index in [0.29, 0.717) is 0 Å². The van der Waals surface area contributed by atoms with Gasteiger partial charge in [0, 0.05) is 23.8 Å². The summed E-state index contributed by atoms with van der Waals surface area (Å²) < 4.78 is 4.52. The number of aryl methyl sites for hydroxylation is 2. The van der Waals surface area contributed by atoms with Gasteiger partial charge in [0.2, 0.25) is 0 Å². The largest absolute Gasteiger partial charge is 0.322 e. The fraction of sp³-hybridized carbons (Fsp3) is 0.222. The van der Waals surface area contributed by atoms with Gasteiger partial charge in [0.1, 0.15) is 0 Å². The summed E-state index contributed by atoms with van der Waals surface area (Å²) in [6.45, 7) is 6.60. The molecule has 0 unspecified atom stereocenters. The van der Waals surface area contributed by atoms with Crippen LogP contribution in [0.25, 0.3) is 11.4 Å². The Hall–Kier alpha value is -2.22. The molecule has 2 nitrogen and oxygen atoms in total. The SMILES string of the molecule is CCc1cc(C)n(-c2ccccc2-n2cccc2)c1C. The van der Waals surface area contributed by atoms with Gasteiger partial charge in [0.05, 0.1) is 11.4 Å².